The molecule has 0 bridgehead atoms. The van der Waals surface area contributed by atoms with Gasteiger partial charge in [-0.1, -0.05) is 212 Å². The summed E-state index contributed by atoms with van der Waals surface area (Å²) in [5, 5.41) is 65.5. The average Bonchev–Trinajstić information content (AvgIpc) is 3.45. The number of carboxylic acids is 6. The van der Waals surface area contributed by atoms with Gasteiger partial charge in [0, 0.05) is 34.4 Å². The number of benzene rings is 3. The molecule has 1 amide bonds. The largest absolute Gasteiger partial charge is 0.481 e. The van der Waals surface area contributed by atoms with Gasteiger partial charge >= 0.3 is 43.4 Å². The van der Waals surface area contributed by atoms with Crippen molar-refractivity contribution in [2.75, 3.05) is 11.5 Å². The summed E-state index contributed by atoms with van der Waals surface area (Å²) < 4.78 is 10.9. The van der Waals surface area contributed by atoms with E-state index in [4.69, 9.17) is 35.3 Å². The number of anilines is 1. The molecular weight excluding hydrogens is 1360 g/mol. The van der Waals surface area contributed by atoms with Gasteiger partial charge in [-0.2, -0.15) is 0 Å². The SMILES string of the molecule is CCC(C)C(Br)C(=O)O.CCC(C)CCCCCCCCCCCCC(=O)O.CCCP(=O)(O)O.Cc1cc(Br)ccc1NC(=O)C1CC=CCC1C(=O)O.O=C(O)C(Br)C(Br)c1ccccc1[N+](=O)[O-].O=C(O)c1cccc(C(=O)O)c1. The van der Waals surface area contributed by atoms with E-state index in [0.29, 0.717) is 31.2 Å². The Bertz CT molecular complexity index is 2520. The predicted molar refractivity (Wildman–Crippen MR) is 335 cm³/mol. The molecule has 7 atom stereocenters. The van der Waals surface area contributed by atoms with Crippen LogP contribution in [-0.2, 0) is 28.5 Å². The number of aryl methyl sites for hydroxylation is 1. The normalized spacial score (nSPS) is 14.9. The number of carbonyl (C=O) groups excluding carboxylic acids is 1. The minimum Gasteiger partial charge on any atom is -0.481 e. The van der Waals surface area contributed by atoms with Gasteiger partial charge in [-0.3, -0.25) is 38.7 Å². The maximum atomic E-state index is 12.3. The third kappa shape index (κ3) is 38.0. The van der Waals surface area contributed by atoms with Crippen molar-refractivity contribution in [2.24, 2.45) is 23.7 Å². The van der Waals surface area contributed by atoms with Gasteiger partial charge in [0.15, 0.2) is 0 Å². The topological polar surface area (TPSA) is 354 Å². The number of amides is 1. The maximum absolute atomic E-state index is 12.3. The summed E-state index contributed by atoms with van der Waals surface area (Å²) in [6.45, 7) is 12.1. The number of nitro groups is 1. The summed E-state index contributed by atoms with van der Waals surface area (Å²) in [4.78, 5) is 100. The van der Waals surface area contributed by atoms with Crippen LogP contribution in [0.2, 0.25) is 0 Å². The van der Waals surface area contributed by atoms with Crippen molar-refractivity contribution in [3.8, 4) is 0 Å². The van der Waals surface area contributed by atoms with Crippen LogP contribution in [0, 0.1) is 40.7 Å². The highest BCUT2D eigenvalue weighted by molar-refractivity contribution is 9.12. The van der Waals surface area contributed by atoms with Crippen LogP contribution in [0.4, 0.5) is 11.4 Å². The Balaban J connectivity index is 0. The molecule has 466 valence electrons. The predicted octanol–water partition coefficient (Wildman–Crippen LogP) is 15.6. The summed E-state index contributed by atoms with van der Waals surface area (Å²) in [7, 11) is -3.67. The number of nitrogens with zero attached hydrogens (tertiary/aromatic N) is 1. The van der Waals surface area contributed by atoms with E-state index in [-0.39, 0.29) is 39.6 Å². The van der Waals surface area contributed by atoms with Crippen LogP contribution in [0.15, 0.2) is 83.4 Å². The molecule has 0 saturated carbocycles. The number of para-hydroxylation sites is 1. The Morgan fingerprint density at radius 1 is 0.675 bits per heavy atom. The van der Waals surface area contributed by atoms with Crippen LogP contribution in [0.3, 0.4) is 0 Å². The van der Waals surface area contributed by atoms with Crippen LogP contribution in [0.25, 0.3) is 0 Å². The molecule has 0 spiro atoms. The molecule has 83 heavy (non-hydrogen) atoms. The van der Waals surface area contributed by atoms with E-state index < -0.39 is 69.8 Å². The number of nitro benzene ring substituents is 1. The van der Waals surface area contributed by atoms with Gasteiger partial charge in [0.2, 0.25) is 5.91 Å². The second-order valence-electron chi connectivity index (χ2n) is 19.6. The number of carbonyl (C=O) groups is 7. The molecule has 3 aromatic rings. The van der Waals surface area contributed by atoms with Gasteiger partial charge in [-0.15, -0.1) is 0 Å². The molecule has 25 heteroatoms. The van der Waals surface area contributed by atoms with Crippen molar-refractivity contribution >= 4 is 124 Å². The fourth-order valence-electron chi connectivity index (χ4n) is 7.45. The van der Waals surface area contributed by atoms with Gasteiger partial charge in [-0.25, -0.2) is 9.59 Å². The average molecular weight is 1450 g/mol. The van der Waals surface area contributed by atoms with Gasteiger partial charge in [0.1, 0.15) is 9.65 Å². The molecule has 0 saturated heterocycles. The lowest BCUT2D eigenvalue weighted by atomic mass is 9.82. The first-order valence-corrected chi connectivity index (χ1v) is 32.6. The first kappa shape index (κ1) is 80.2. The van der Waals surface area contributed by atoms with E-state index >= 15 is 0 Å². The van der Waals surface area contributed by atoms with E-state index in [1.54, 1.807) is 13.0 Å². The zero-order valence-electron chi connectivity index (χ0n) is 47.8. The summed E-state index contributed by atoms with van der Waals surface area (Å²) >= 11 is 12.5. The van der Waals surface area contributed by atoms with E-state index in [1.165, 1.54) is 101 Å². The maximum Gasteiger partial charge on any atom is 0.335 e. The second-order valence-corrected chi connectivity index (χ2v) is 25.2. The zero-order valence-corrected chi connectivity index (χ0v) is 55.1. The molecule has 0 aromatic heterocycles. The quantitative estimate of drug-likeness (QED) is 0.00814. The Hall–Kier alpha value is -4.84. The zero-order chi connectivity index (χ0) is 63.8. The number of aromatic carboxylic acids is 2. The molecule has 20 nitrogen and oxygen atoms in total. The van der Waals surface area contributed by atoms with Crippen molar-refractivity contribution in [3.63, 3.8) is 0 Å². The third-order valence-corrected chi connectivity index (χ3v) is 18.2. The molecule has 0 fully saturated rings. The number of alkyl halides is 3. The lowest BCUT2D eigenvalue weighted by molar-refractivity contribution is -0.385. The van der Waals surface area contributed by atoms with E-state index in [1.807, 2.05) is 51.1 Å². The van der Waals surface area contributed by atoms with Gasteiger partial charge in [0.25, 0.3) is 5.69 Å². The van der Waals surface area contributed by atoms with Gasteiger partial charge < -0.3 is 45.7 Å². The number of unbranched alkanes of at least 4 members (excludes halogenated alkanes) is 9. The monoisotopic (exact) mass is 1440 g/mol. The molecule has 0 heterocycles. The summed E-state index contributed by atoms with van der Waals surface area (Å²) in [5.74, 6) is -5.95. The summed E-state index contributed by atoms with van der Waals surface area (Å²) in [5.41, 5.74) is 1.85. The molecule has 3 aromatic carbocycles. The Labute approximate surface area is 520 Å². The van der Waals surface area contributed by atoms with Crippen LogP contribution in [0.1, 0.15) is 180 Å². The van der Waals surface area contributed by atoms with Crippen molar-refractivity contribution in [1.82, 2.24) is 0 Å². The van der Waals surface area contributed by atoms with Crippen LogP contribution in [-0.4, -0.2) is 103 Å². The number of halogens is 4. The third-order valence-electron chi connectivity index (χ3n) is 12.7. The van der Waals surface area contributed by atoms with Crippen molar-refractivity contribution < 1.29 is 83.5 Å². The Kier molecular flexibility index (Phi) is 44.0. The number of nitrogens with one attached hydrogen (secondary N) is 1. The van der Waals surface area contributed by atoms with Crippen LogP contribution in [0.5, 0.6) is 0 Å². The molecule has 1 aliphatic carbocycles. The van der Waals surface area contributed by atoms with E-state index in [9.17, 15) is 53.3 Å². The number of aliphatic carboxylic acids is 4. The first-order valence-electron chi connectivity index (χ1n) is 27.3. The van der Waals surface area contributed by atoms with E-state index in [0.717, 1.165) is 47.0 Å². The minimum absolute atomic E-state index is 0.00694. The minimum atomic E-state index is -3.67. The molecule has 7 unspecified atom stereocenters. The summed E-state index contributed by atoms with van der Waals surface area (Å²) in [6, 6.07) is 16.8. The number of allylic oxidation sites excluding steroid dienone is 2. The highest BCUT2D eigenvalue weighted by atomic mass is 79.9. The van der Waals surface area contributed by atoms with Crippen molar-refractivity contribution in [1.29, 1.82) is 0 Å². The molecular formula is C58H83Br4N2O18P. The first-order chi connectivity index (χ1) is 38.9. The number of rotatable bonds is 28. The standard InChI is InChI=1S/C17H34O2.C15H16BrNO3.C9H7Br2NO4.C8H6O4.C6H11BrO2.C3H9O3P/c1-3-16(2)14-12-10-8-6-4-5-7-9-11-13-15-17(18)19;1-9-8-10(16)6-7-13(9)17-14(18)11-4-2-3-5-12(11)15(19)20;10-7(8(11)9(13)14)5-3-1-2-4-6(5)12(15)16;9-7(10)5-2-1-3-6(4-5)8(11)12;1-3-4(2)5(7)6(8)9;1-2-3-7(4,5)6/h16H,3-15H2,1-2H3,(H,18,19);2-3,6-8,11-12H,4-5H2,1H3,(H,17,18)(H,19,20);1-4,7-8H,(H,13,14);1-4H,(H,9,10)(H,11,12);4-5H,3H2,1-2H3,(H,8,9);2-3H2,1H3,(H2,4,5,6). The van der Waals surface area contributed by atoms with Gasteiger partial charge in [0.05, 0.1) is 32.7 Å². The molecule has 9 N–H and O–H groups in total. The van der Waals surface area contributed by atoms with E-state index in [2.05, 4.69) is 82.9 Å². The van der Waals surface area contributed by atoms with Gasteiger partial charge in [-0.05, 0) is 86.4 Å². The fourth-order valence-corrected chi connectivity index (χ4v) is 9.78. The number of hydrogen-bond donors (Lipinski definition) is 9. The summed E-state index contributed by atoms with van der Waals surface area (Å²) in [6.07, 6.45) is 21.8. The second kappa shape index (κ2) is 45.5. The smallest absolute Gasteiger partial charge is 0.335 e. The lowest BCUT2D eigenvalue weighted by Gasteiger charge is -2.24. The van der Waals surface area contributed by atoms with Crippen LogP contribution < -0.4 is 5.32 Å². The Morgan fingerprint density at radius 2 is 1.17 bits per heavy atom. The highest BCUT2D eigenvalue weighted by Gasteiger charge is 2.34. The molecule has 4 rings (SSSR count). The lowest BCUT2D eigenvalue weighted by Crippen LogP contribution is -2.34. The van der Waals surface area contributed by atoms with Crippen molar-refractivity contribution in [3.05, 3.63) is 116 Å². The Morgan fingerprint density at radius 3 is 1.57 bits per heavy atom. The number of hydrogen-bond acceptors (Lipinski definition) is 10. The highest BCUT2D eigenvalue weighted by Crippen LogP contribution is 2.37. The molecule has 0 radical (unpaired) electrons. The van der Waals surface area contributed by atoms with Crippen LogP contribution >= 0.6 is 71.3 Å². The fraction of sp³-hybridized carbons (Fsp3) is 0.534. The molecule has 1 aliphatic rings. The van der Waals surface area contributed by atoms with Crippen molar-refractivity contribution in [2.45, 2.75) is 165 Å². The number of carboxylic acid groups (broad SMARTS) is 6. The molecule has 0 aliphatic heterocycles.